The van der Waals surface area contributed by atoms with E-state index < -0.39 is 17.1 Å². The summed E-state index contributed by atoms with van der Waals surface area (Å²) in [6.07, 6.45) is 1.57. The quantitative estimate of drug-likeness (QED) is 0.727. The van der Waals surface area contributed by atoms with Gasteiger partial charge in [0.05, 0.1) is 18.6 Å². The van der Waals surface area contributed by atoms with Crippen molar-refractivity contribution in [2.24, 2.45) is 0 Å². The summed E-state index contributed by atoms with van der Waals surface area (Å²) in [5, 5.41) is 0.157. The summed E-state index contributed by atoms with van der Waals surface area (Å²) in [5.41, 5.74) is 4.39. The number of carbonyl (C=O) groups excluding carboxylic acids is 3. The molecule has 1 saturated heterocycles. The van der Waals surface area contributed by atoms with Crippen molar-refractivity contribution < 1.29 is 23.9 Å². The van der Waals surface area contributed by atoms with Crippen LogP contribution < -0.4 is 14.9 Å². The number of hydrazine groups is 1. The minimum atomic E-state index is -0.590. The minimum Gasteiger partial charge on any atom is -0.493 e. The van der Waals surface area contributed by atoms with Gasteiger partial charge in [0.15, 0.2) is 11.5 Å². The molecule has 1 fully saturated rings. The van der Waals surface area contributed by atoms with E-state index in [-0.39, 0.29) is 4.91 Å². The molecule has 3 rings (SSSR count). The number of carbonyl (C=O) groups is 3. The van der Waals surface area contributed by atoms with Crippen molar-refractivity contribution in [3.05, 3.63) is 64.1 Å². The molecule has 29 heavy (non-hydrogen) atoms. The Labute approximate surface area is 172 Å². The first kappa shape index (κ1) is 20.5. The summed E-state index contributed by atoms with van der Waals surface area (Å²) in [5.74, 6) is -0.0114. The molecule has 150 valence electrons. The van der Waals surface area contributed by atoms with E-state index in [1.165, 1.54) is 7.11 Å². The van der Waals surface area contributed by atoms with Gasteiger partial charge in [-0.05, 0) is 61.5 Å². The lowest BCUT2D eigenvalue weighted by atomic mass is 10.1. The summed E-state index contributed by atoms with van der Waals surface area (Å²) in [6, 6.07) is 12.0. The third-order valence-electron chi connectivity index (χ3n) is 4.11. The minimum absolute atomic E-state index is 0.199. The molecule has 0 bridgehead atoms. The number of rotatable bonds is 6. The maximum Gasteiger partial charge on any atom is 0.312 e. The Balaban J connectivity index is 1.77. The van der Waals surface area contributed by atoms with E-state index in [0.29, 0.717) is 29.2 Å². The average Bonchev–Trinajstić information content (AvgIpc) is 2.97. The number of aryl methyl sites for hydroxylation is 1. The Bertz CT molecular complexity index is 985. The van der Waals surface area contributed by atoms with Crippen LogP contribution in [0.1, 0.15) is 28.4 Å². The lowest BCUT2D eigenvalue weighted by molar-refractivity contribution is -0.124. The van der Waals surface area contributed by atoms with Crippen LogP contribution in [0.3, 0.4) is 0 Å². The Morgan fingerprint density at radius 2 is 1.86 bits per heavy atom. The van der Waals surface area contributed by atoms with Gasteiger partial charge in [0.2, 0.25) is 0 Å². The molecule has 1 aliphatic rings. The standard InChI is InChI=1S/C21H20N2O5S/c1-4-28-16-10-7-14(11-17(16)27-3)12-18-20(25)23(21(26)29-18)22-19(24)15-8-5-13(2)6-9-15/h5-12H,4H2,1-3H3,(H,22,24)/b18-12-. The van der Waals surface area contributed by atoms with Crippen LogP contribution in [-0.2, 0) is 4.79 Å². The summed E-state index contributed by atoms with van der Waals surface area (Å²) < 4.78 is 10.8. The van der Waals surface area contributed by atoms with Crippen LogP contribution in [0.25, 0.3) is 6.08 Å². The Kier molecular flexibility index (Phi) is 6.23. The monoisotopic (exact) mass is 412 g/mol. The van der Waals surface area contributed by atoms with Crippen molar-refractivity contribution in [3.8, 4) is 11.5 Å². The third-order valence-corrected chi connectivity index (χ3v) is 4.98. The highest BCUT2D eigenvalue weighted by atomic mass is 32.2. The number of imide groups is 1. The first-order chi connectivity index (χ1) is 13.9. The number of benzene rings is 2. The molecule has 0 aromatic heterocycles. The molecule has 1 aliphatic heterocycles. The van der Waals surface area contributed by atoms with Crippen LogP contribution in [0, 0.1) is 6.92 Å². The molecule has 0 unspecified atom stereocenters. The summed E-state index contributed by atoms with van der Waals surface area (Å²) in [7, 11) is 1.52. The highest BCUT2D eigenvalue weighted by Gasteiger charge is 2.36. The molecule has 2 aromatic rings. The lowest BCUT2D eigenvalue weighted by Crippen LogP contribution is -2.44. The summed E-state index contributed by atoms with van der Waals surface area (Å²) >= 11 is 0.756. The molecule has 0 spiro atoms. The van der Waals surface area contributed by atoms with Gasteiger partial charge >= 0.3 is 5.24 Å². The molecule has 0 atom stereocenters. The fourth-order valence-corrected chi connectivity index (χ4v) is 3.42. The predicted molar refractivity (Wildman–Crippen MR) is 111 cm³/mol. The SMILES string of the molecule is CCOc1ccc(/C=C2\SC(=O)N(NC(=O)c3ccc(C)cc3)C2=O)cc1OC. The molecule has 0 saturated carbocycles. The van der Waals surface area contributed by atoms with Crippen molar-refractivity contribution in [1.82, 2.24) is 10.4 Å². The molecule has 0 aliphatic carbocycles. The molecule has 0 radical (unpaired) electrons. The highest BCUT2D eigenvalue weighted by Crippen LogP contribution is 2.34. The van der Waals surface area contributed by atoms with Gasteiger partial charge in [0.25, 0.3) is 11.8 Å². The smallest absolute Gasteiger partial charge is 0.312 e. The van der Waals surface area contributed by atoms with E-state index in [1.54, 1.807) is 48.5 Å². The second-order valence-corrected chi connectivity index (χ2v) is 7.16. The van der Waals surface area contributed by atoms with Gasteiger partial charge in [-0.1, -0.05) is 23.8 Å². The predicted octanol–water partition coefficient (Wildman–Crippen LogP) is 3.78. The third kappa shape index (κ3) is 4.60. The Hall–Kier alpha value is -3.26. The molecular formula is C21H20N2O5S. The van der Waals surface area contributed by atoms with Crippen LogP contribution in [-0.4, -0.2) is 35.8 Å². The van der Waals surface area contributed by atoms with E-state index in [9.17, 15) is 14.4 Å². The van der Waals surface area contributed by atoms with Crippen molar-refractivity contribution in [2.45, 2.75) is 13.8 Å². The summed E-state index contributed by atoms with van der Waals surface area (Å²) in [6.45, 7) is 4.27. The number of amides is 3. The number of nitrogens with zero attached hydrogens (tertiary/aromatic N) is 1. The van der Waals surface area contributed by atoms with E-state index in [0.717, 1.165) is 22.3 Å². The van der Waals surface area contributed by atoms with E-state index >= 15 is 0 Å². The largest absolute Gasteiger partial charge is 0.493 e. The fraction of sp³-hybridized carbons (Fsp3) is 0.190. The Morgan fingerprint density at radius 3 is 2.52 bits per heavy atom. The fourth-order valence-electron chi connectivity index (χ4n) is 2.64. The van der Waals surface area contributed by atoms with Crippen molar-refractivity contribution in [2.75, 3.05) is 13.7 Å². The molecule has 8 heteroatoms. The van der Waals surface area contributed by atoms with E-state index in [2.05, 4.69) is 5.43 Å². The van der Waals surface area contributed by atoms with Crippen molar-refractivity contribution in [1.29, 1.82) is 0 Å². The average molecular weight is 412 g/mol. The first-order valence-corrected chi connectivity index (χ1v) is 9.71. The second kappa shape index (κ2) is 8.83. The van der Waals surface area contributed by atoms with Crippen LogP contribution >= 0.6 is 11.8 Å². The Morgan fingerprint density at radius 1 is 1.14 bits per heavy atom. The van der Waals surface area contributed by atoms with Gasteiger partial charge in [0, 0.05) is 5.56 Å². The topological polar surface area (TPSA) is 84.9 Å². The van der Waals surface area contributed by atoms with Gasteiger partial charge in [-0.3, -0.25) is 19.8 Å². The van der Waals surface area contributed by atoms with Gasteiger partial charge in [0.1, 0.15) is 0 Å². The molecule has 1 N–H and O–H groups in total. The highest BCUT2D eigenvalue weighted by molar-refractivity contribution is 8.18. The number of nitrogens with one attached hydrogen (secondary N) is 1. The van der Waals surface area contributed by atoms with Gasteiger partial charge in [-0.15, -0.1) is 0 Å². The maximum atomic E-state index is 12.6. The van der Waals surface area contributed by atoms with Crippen molar-refractivity contribution >= 4 is 34.9 Å². The van der Waals surface area contributed by atoms with E-state index in [4.69, 9.17) is 9.47 Å². The number of methoxy groups -OCH3 is 1. The number of ether oxygens (including phenoxy) is 2. The van der Waals surface area contributed by atoms with Crippen LogP contribution in [0.4, 0.5) is 4.79 Å². The lowest BCUT2D eigenvalue weighted by Gasteiger charge is -2.13. The van der Waals surface area contributed by atoms with Gasteiger partial charge in [-0.2, -0.15) is 5.01 Å². The van der Waals surface area contributed by atoms with Crippen LogP contribution in [0.15, 0.2) is 47.4 Å². The molecule has 7 nitrogen and oxygen atoms in total. The van der Waals surface area contributed by atoms with E-state index in [1.807, 2.05) is 13.8 Å². The normalized spacial score (nSPS) is 15.0. The molecule has 1 heterocycles. The number of hydrogen-bond acceptors (Lipinski definition) is 6. The zero-order chi connectivity index (χ0) is 21.0. The first-order valence-electron chi connectivity index (χ1n) is 8.89. The summed E-state index contributed by atoms with van der Waals surface area (Å²) in [4.78, 5) is 37.4. The zero-order valence-electron chi connectivity index (χ0n) is 16.2. The van der Waals surface area contributed by atoms with Crippen LogP contribution in [0.2, 0.25) is 0 Å². The van der Waals surface area contributed by atoms with Gasteiger partial charge in [-0.25, -0.2) is 0 Å². The molecule has 2 aromatic carbocycles. The molecular weight excluding hydrogens is 392 g/mol. The van der Waals surface area contributed by atoms with Crippen LogP contribution in [0.5, 0.6) is 11.5 Å². The number of thioether (sulfide) groups is 1. The molecule has 3 amide bonds. The number of hydrogen-bond donors (Lipinski definition) is 1. The second-order valence-electron chi connectivity index (χ2n) is 6.17. The van der Waals surface area contributed by atoms with Gasteiger partial charge < -0.3 is 9.47 Å². The van der Waals surface area contributed by atoms with Crippen molar-refractivity contribution in [3.63, 3.8) is 0 Å². The zero-order valence-corrected chi connectivity index (χ0v) is 17.0. The maximum absolute atomic E-state index is 12.6.